The van der Waals surface area contributed by atoms with Gasteiger partial charge in [0.25, 0.3) is 11.8 Å². The molecule has 0 aliphatic rings. The van der Waals surface area contributed by atoms with Gasteiger partial charge in [0, 0.05) is 6.92 Å². The second-order valence-electron chi connectivity index (χ2n) is 5.36. The maximum absolute atomic E-state index is 12.4. The van der Waals surface area contributed by atoms with Crippen LogP contribution >= 0.6 is 0 Å². The van der Waals surface area contributed by atoms with E-state index < -0.39 is 17.8 Å². The van der Waals surface area contributed by atoms with Crippen molar-refractivity contribution in [3.63, 3.8) is 0 Å². The maximum Gasteiger partial charge on any atom is 0.302 e. The molecule has 0 fully saturated rings. The molecule has 142 valence electrons. The lowest BCUT2D eigenvalue weighted by Gasteiger charge is -2.10. The van der Waals surface area contributed by atoms with Crippen LogP contribution in [0.5, 0.6) is 5.75 Å². The van der Waals surface area contributed by atoms with E-state index in [1.807, 2.05) is 0 Å². The number of amides is 2. The quantitative estimate of drug-likeness (QED) is 0.415. The summed E-state index contributed by atoms with van der Waals surface area (Å²) in [6, 6.07) is 10.0. The number of methoxy groups -OCH3 is 1. The van der Waals surface area contributed by atoms with Crippen molar-refractivity contribution in [1.82, 2.24) is 10.6 Å². The zero-order chi connectivity index (χ0) is 19.6. The van der Waals surface area contributed by atoms with Gasteiger partial charge in [-0.2, -0.15) is 0 Å². The van der Waals surface area contributed by atoms with Crippen LogP contribution in [-0.4, -0.2) is 38.0 Å². The molecule has 0 radical (unpaired) electrons. The summed E-state index contributed by atoms with van der Waals surface area (Å²) in [7, 11) is 1.55. The van der Waals surface area contributed by atoms with Crippen LogP contribution < -0.4 is 15.4 Å². The van der Waals surface area contributed by atoms with E-state index in [0.717, 1.165) is 0 Å². The van der Waals surface area contributed by atoms with Crippen molar-refractivity contribution in [3.8, 4) is 5.75 Å². The fourth-order valence-electron chi connectivity index (χ4n) is 2.07. The van der Waals surface area contributed by atoms with Gasteiger partial charge in [-0.3, -0.25) is 14.4 Å². The molecule has 27 heavy (non-hydrogen) atoms. The number of carbonyl (C=O) groups is 3. The molecule has 2 amide bonds. The number of benzene rings is 1. The van der Waals surface area contributed by atoms with Crippen molar-refractivity contribution < 1.29 is 28.3 Å². The minimum atomic E-state index is -0.560. The van der Waals surface area contributed by atoms with E-state index in [2.05, 4.69) is 10.6 Å². The Morgan fingerprint density at radius 3 is 2.48 bits per heavy atom. The van der Waals surface area contributed by atoms with Crippen molar-refractivity contribution in [3.05, 3.63) is 59.7 Å². The molecular formula is C19H20N2O6. The Kier molecular flexibility index (Phi) is 7.18. The normalized spacial score (nSPS) is 10.8. The van der Waals surface area contributed by atoms with Gasteiger partial charge in [0.2, 0.25) is 0 Å². The number of rotatable bonds is 8. The second kappa shape index (κ2) is 9.81. The van der Waals surface area contributed by atoms with Gasteiger partial charge in [0.1, 0.15) is 18.1 Å². The monoisotopic (exact) mass is 372 g/mol. The highest BCUT2D eigenvalue weighted by Crippen LogP contribution is 2.14. The van der Waals surface area contributed by atoms with Crippen LogP contribution in [-0.2, 0) is 14.3 Å². The minimum Gasteiger partial charge on any atom is -0.497 e. The molecule has 0 aliphatic heterocycles. The summed E-state index contributed by atoms with van der Waals surface area (Å²) >= 11 is 0. The molecule has 2 N–H and O–H groups in total. The van der Waals surface area contributed by atoms with Gasteiger partial charge in [-0.15, -0.1) is 0 Å². The Bertz CT molecular complexity index is 809. The lowest BCUT2D eigenvalue weighted by Crippen LogP contribution is -2.36. The fourth-order valence-corrected chi connectivity index (χ4v) is 2.07. The van der Waals surface area contributed by atoms with E-state index in [-0.39, 0.29) is 24.6 Å². The lowest BCUT2D eigenvalue weighted by molar-refractivity contribution is -0.141. The highest BCUT2D eigenvalue weighted by Gasteiger charge is 2.16. The highest BCUT2D eigenvalue weighted by atomic mass is 16.5. The summed E-state index contributed by atoms with van der Waals surface area (Å²) in [6.45, 7) is 1.42. The summed E-state index contributed by atoms with van der Waals surface area (Å²) in [5.41, 5.74) is 0.699. The summed E-state index contributed by atoms with van der Waals surface area (Å²) in [4.78, 5) is 35.4. The Hall–Kier alpha value is -3.55. The van der Waals surface area contributed by atoms with Gasteiger partial charge in [-0.05, 0) is 35.9 Å². The van der Waals surface area contributed by atoms with Crippen molar-refractivity contribution >= 4 is 23.9 Å². The molecule has 0 saturated carbocycles. The van der Waals surface area contributed by atoms with Crippen LogP contribution in [0.15, 0.2) is 52.8 Å². The van der Waals surface area contributed by atoms with Crippen LogP contribution in [0.2, 0.25) is 0 Å². The maximum atomic E-state index is 12.4. The average molecular weight is 372 g/mol. The standard InChI is InChI=1S/C19H20N2O6/c1-13(22)26-11-9-20-18(23)16(21-19(24)17-4-3-10-27-17)12-14-5-7-15(25-2)8-6-14/h3-8,10,12H,9,11H2,1-2H3,(H,20,23)(H,21,24). The third kappa shape index (κ3) is 6.35. The number of esters is 1. The van der Waals surface area contributed by atoms with Crippen LogP contribution in [0.1, 0.15) is 23.0 Å². The lowest BCUT2D eigenvalue weighted by atomic mass is 10.1. The predicted molar refractivity (Wildman–Crippen MR) is 96.8 cm³/mol. The smallest absolute Gasteiger partial charge is 0.302 e. The highest BCUT2D eigenvalue weighted by molar-refractivity contribution is 6.04. The predicted octanol–water partition coefficient (Wildman–Crippen LogP) is 1.74. The van der Waals surface area contributed by atoms with Crippen molar-refractivity contribution in [2.24, 2.45) is 0 Å². The number of furan rings is 1. The SMILES string of the molecule is COc1ccc(C=C(NC(=O)c2ccco2)C(=O)NCCOC(C)=O)cc1. The molecular weight excluding hydrogens is 352 g/mol. The third-order valence-corrected chi connectivity index (χ3v) is 3.36. The van der Waals surface area contributed by atoms with Crippen LogP contribution in [0.4, 0.5) is 0 Å². The molecule has 1 aromatic heterocycles. The van der Waals surface area contributed by atoms with Crippen molar-refractivity contribution in [2.45, 2.75) is 6.92 Å². The van der Waals surface area contributed by atoms with Gasteiger partial charge in [0.05, 0.1) is 19.9 Å². The van der Waals surface area contributed by atoms with E-state index >= 15 is 0 Å². The topological polar surface area (TPSA) is 107 Å². The van der Waals surface area contributed by atoms with Gasteiger partial charge >= 0.3 is 5.97 Å². The van der Waals surface area contributed by atoms with Gasteiger partial charge in [-0.25, -0.2) is 0 Å². The molecule has 2 rings (SSSR count). The van der Waals surface area contributed by atoms with Crippen molar-refractivity contribution in [1.29, 1.82) is 0 Å². The van der Waals surface area contributed by atoms with Crippen LogP contribution in [0, 0.1) is 0 Å². The van der Waals surface area contributed by atoms with Gasteiger partial charge in [0.15, 0.2) is 5.76 Å². The number of nitrogens with one attached hydrogen (secondary N) is 2. The van der Waals surface area contributed by atoms with E-state index in [1.165, 1.54) is 25.3 Å². The summed E-state index contributed by atoms with van der Waals surface area (Å²) in [6.07, 6.45) is 2.88. The summed E-state index contributed by atoms with van der Waals surface area (Å²) in [5.74, 6) is -0.792. The molecule has 0 saturated heterocycles. The van der Waals surface area contributed by atoms with E-state index in [9.17, 15) is 14.4 Å². The van der Waals surface area contributed by atoms with Crippen LogP contribution in [0.3, 0.4) is 0 Å². The number of carbonyl (C=O) groups excluding carboxylic acids is 3. The van der Waals surface area contributed by atoms with E-state index in [4.69, 9.17) is 13.9 Å². The molecule has 0 atom stereocenters. The molecule has 0 spiro atoms. The van der Waals surface area contributed by atoms with E-state index in [1.54, 1.807) is 37.4 Å². The molecule has 8 nitrogen and oxygen atoms in total. The average Bonchev–Trinajstić information content (AvgIpc) is 3.20. The second-order valence-corrected chi connectivity index (χ2v) is 5.36. The van der Waals surface area contributed by atoms with Crippen molar-refractivity contribution in [2.75, 3.05) is 20.3 Å². The molecule has 8 heteroatoms. The Labute approximate surface area is 156 Å². The van der Waals surface area contributed by atoms with Gasteiger partial charge < -0.3 is 24.5 Å². The molecule has 0 unspecified atom stereocenters. The molecule has 2 aromatic rings. The summed E-state index contributed by atoms with van der Waals surface area (Å²) in [5, 5.41) is 5.10. The molecule has 1 aromatic carbocycles. The molecule has 0 bridgehead atoms. The number of hydrogen-bond acceptors (Lipinski definition) is 6. The van der Waals surface area contributed by atoms with E-state index in [0.29, 0.717) is 11.3 Å². The first-order chi connectivity index (χ1) is 13.0. The fraction of sp³-hybridized carbons (Fsp3) is 0.211. The number of ether oxygens (including phenoxy) is 2. The molecule has 0 aliphatic carbocycles. The zero-order valence-electron chi connectivity index (χ0n) is 15.0. The van der Waals surface area contributed by atoms with Gasteiger partial charge in [-0.1, -0.05) is 12.1 Å². The Morgan fingerprint density at radius 2 is 1.89 bits per heavy atom. The number of hydrogen-bond donors (Lipinski definition) is 2. The largest absolute Gasteiger partial charge is 0.497 e. The first-order valence-electron chi connectivity index (χ1n) is 8.11. The third-order valence-electron chi connectivity index (χ3n) is 3.36. The minimum absolute atomic E-state index is 0.0180. The Morgan fingerprint density at radius 1 is 1.15 bits per heavy atom. The first kappa shape index (κ1) is 19.8. The molecule has 1 heterocycles. The Balaban J connectivity index is 2.13. The van der Waals surface area contributed by atoms with Crippen LogP contribution in [0.25, 0.3) is 6.08 Å². The summed E-state index contributed by atoms with van der Waals surface area (Å²) < 4.78 is 14.9. The zero-order valence-corrected chi connectivity index (χ0v) is 15.0. The first-order valence-corrected chi connectivity index (χ1v) is 8.11.